The predicted octanol–water partition coefficient (Wildman–Crippen LogP) is 3.07. The molecule has 0 atom stereocenters. The summed E-state index contributed by atoms with van der Waals surface area (Å²) in [5, 5.41) is 10.6. The molecule has 11 heteroatoms. The lowest BCUT2D eigenvalue weighted by molar-refractivity contribution is -0.141. The van der Waals surface area contributed by atoms with Crippen LogP contribution >= 0.6 is 23.2 Å². The van der Waals surface area contributed by atoms with E-state index in [0.29, 0.717) is 34.9 Å². The van der Waals surface area contributed by atoms with Crippen LogP contribution in [-0.4, -0.2) is 32.0 Å². The van der Waals surface area contributed by atoms with Gasteiger partial charge in [-0.1, -0.05) is 23.2 Å². The molecule has 24 heavy (non-hydrogen) atoms. The monoisotopic (exact) mass is 383 g/mol. The molecule has 1 amide bonds. The minimum absolute atomic E-state index is 0.168. The normalized spacial score (nSPS) is 11.8. The molecule has 2 aromatic rings. The van der Waals surface area contributed by atoms with E-state index in [0.717, 1.165) is 4.68 Å². The minimum atomic E-state index is -4.59. The van der Waals surface area contributed by atoms with Crippen LogP contribution in [0.1, 0.15) is 28.3 Å². The van der Waals surface area contributed by atoms with Gasteiger partial charge in [-0.2, -0.15) is 23.4 Å². The largest absolute Gasteiger partial charge is 0.435 e. The minimum Gasteiger partial charge on any atom is -0.351 e. The second kappa shape index (κ2) is 7.02. The highest BCUT2D eigenvalue weighted by Gasteiger charge is 2.35. The fraction of sp³-hybridized carbons (Fsp3) is 0.462. The van der Waals surface area contributed by atoms with E-state index in [1.54, 1.807) is 6.92 Å². The Morgan fingerprint density at radius 1 is 1.33 bits per heavy atom. The van der Waals surface area contributed by atoms with Crippen LogP contribution in [0.2, 0.25) is 10.2 Å². The number of halogens is 5. The van der Waals surface area contributed by atoms with Crippen LogP contribution < -0.4 is 5.32 Å². The van der Waals surface area contributed by atoms with Gasteiger partial charge in [0.05, 0.1) is 5.69 Å². The Hall–Kier alpha value is -1.74. The van der Waals surface area contributed by atoms with Gasteiger partial charge in [0.2, 0.25) is 0 Å². The van der Waals surface area contributed by atoms with Crippen molar-refractivity contribution >= 4 is 29.1 Å². The molecule has 2 rings (SSSR count). The SMILES string of the molecule is Cc1nn(CCCNC(=O)c2cc(C(F)(F)F)nn2C)c(Cl)c1Cl. The maximum atomic E-state index is 12.6. The quantitative estimate of drug-likeness (QED) is 0.806. The van der Waals surface area contributed by atoms with Gasteiger partial charge in [0.1, 0.15) is 15.9 Å². The summed E-state index contributed by atoms with van der Waals surface area (Å²) >= 11 is 11.9. The topological polar surface area (TPSA) is 64.7 Å². The Bertz CT molecular complexity index is 754. The molecule has 2 aromatic heterocycles. The Labute approximate surface area is 145 Å². The number of hydrogen-bond acceptors (Lipinski definition) is 3. The van der Waals surface area contributed by atoms with Crippen LogP contribution in [0.5, 0.6) is 0 Å². The molecule has 0 saturated carbocycles. The molecule has 0 unspecified atom stereocenters. The number of aryl methyl sites for hydroxylation is 3. The van der Waals surface area contributed by atoms with E-state index in [9.17, 15) is 18.0 Å². The Balaban J connectivity index is 1.90. The second-order valence-electron chi connectivity index (χ2n) is 5.06. The van der Waals surface area contributed by atoms with E-state index in [2.05, 4.69) is 15.5 Å². The van der Waals surface area contributed by atoms with Gasteiger partial charge in [0.15, 0.2) is 5.69 Å². The average Bonchev–Trinajstić information content (AvgIpc) is 2.99. The first-order chi connectivity index (χ1) is 11.1. The highest BCUT2D eigenvalue weighted by Crippen LogP contribution is 2.28. The number of aromatic nitrogens is 4. The summed E-state index contributed by atoms with van der Waals surface area (Å²) in [5.41, 5.74) is -0.679. The van der Waals surface area contributed by atoms with Crippen molar-refractivity contribution < 1.29 is 18.0 Å². The van der Waals surface area contributed by atoms with Gasteiger partial charge in [-0.15, -0.1) is 0 Å². The fourth-order valence-corrected chi connectivity index (χ4v) is 2.41. The van der Waals surface area contributed by atoms with Crippen molar-refractivity contribution in [1.82, 2.24) is 24.9 Å². The molecule has 0 aliphatic rings. The first kappa shape index (κ1) is 18.6. The molecule has 0 spiro atoms. The zero-order valence-electron chi connectivity index (χ0n) is 12.8. The number of nitrogens with one attached hydrogen (secondary N) is 1. The summed E-state index contributed by atoms with van der Waals surface area (Å²) in [6.07, 6.45) is -4.11. The molecule has 132 valence electrons. The lowest BCUT2D eigenvalue weighted by Gasteiger charge is -2.06. The molecule has 0 aliphatic carbocycles. The van der Waals surface area contributed by atoms with Crippen LogP contribution in [0.4, 0.5) is 13.2 Å². The van der Waals surface area contributed by atoms with E-state index in [4.69, 9.17) is 23.2 Å². The maximum absolute atomic E-state index is 12.6. The van der Waals surface area contributed by atoms with E-state index in [1.165, 1.54) is 11.7 Å². The van der Waals surface area contributed by atoms with E-state index >= 15 is 0 Å². The number of amides is 1. The predicted molar refractivity (Wildman–Crippen MR) is 82.1 cm³/mol. The van der Waals surface area contributed by atoms with Crippen LogP contribution in [0, 0.1) is 6.92 Å². The number of alkyl halides is 3. The highest BCUT2D eigenvalue weighted by molar-refractivity contribution is 6.41. The van der Waals surface area contributed by atoms with Crippen molar-refractivity contribution in [1.29, 1.82) is 0 Å². The van der Waals surface area contributed by atoms with Gasteiger partial charge in [-0.25, -0.2) is 0 Å². The second-order valence-corrected chi connectivity index (χ2v) is 5.79. The van der Waals surface area contributed by atoms with Gasteiger partial charge < -0.3 is 5.32 Å². The third kappa shape index (κ3) is 4.02. The van der Waals surface area contributed by atoms with Crippen LogP contribution in [0.15, 0.2) is 6.07 Å². The van der Waals surface area contributed by atoms with Crippen LogP contribution in [-0.2, 0) is 19.8 Å². The zero-order valence-corrected chi connectivity index (χ0v) is 14.3. The third-order valence-corrected chi connectivity index (χ3v) is 4.16. The first-order valence-electron chi connectivity index (χ1n) is 6.89. The lowest BCUT2D eigenvalue weighted by atomic mass is 10.3. The molecular formula is C13H14Cl2F3N5O. The van der Waals surface area contributed by atoms with Crippen molar-refractivity contribution in [3.8, 4) is 0 Å². The molecule has 0 bridgehead atoms. The number of rotatable bonds is 5. The lowest BCUT2D eigenvalue weighted by Crippen LogP contribution is -2.27. The molecule has 0 fully saturated rings. The maximum Gasteiger partial charge on any atom is 0.435 e. The third-order valence-electron chi connectivity index (χ3n) is 3.23. The average molecular weight is 384 g/mol. The Morgan fingerprint density at radius 2 is 2.00 bits per heavy atom. The summed E-state index contributed by atoms with van der Waals surface area (Å²) in [5.74, 6) is -0.638. The number of hydrogen-bond donors (Lipinski definition) is 1. The van der Waals surface area contributed by atoms with Crippen molar-refractivity contribution in [3.63, 3.8) is 0 Å². The van der Waals surface area contributed by atoms with E-state index in [-0.39, 0.29) is 12.2 Å². The van der Waals surface area contributed by atoms with Gasteiger partial charge in [0.25, 0.3) is 5.91 Å². The summed E-state index contributed by atoms with van der Waals surface area (Å²) in [4.78, 5) is 11.9. The van der Waals surface area contributed by atoms with Gasteiger partial charge in [0, 0.05) is 26.2 Å². The molecule has 0 saturated heterocycles. The van der Waals surface area contributed by atoms with Crippen molar-refractivity contribution in [3.05, 3.63) is 33.3 Å². The molecule has 0 aromatic carbocycles. The van der Waals surface area contributed by atoms with E-state index < -0.39 is 17.8 Å². The highest BCUT2D eigenvalue weighted by atomic mass is 35.5. The summed E-state index contributed by atoms with van der Waals surface area (Å²) < 4.78 is 40.1. The van der Waals surface area contributed by atoms with Gasteiger partial charge in [-0.05, 0) is 13.3 Å². The van der Waals surface area contributed by atoms with E-state index in [1.807, 2.05) is 0 Å². The number of carbonyl (C=O) groups excluding carboxylic acids is 1. The standard InChI is InChI=1S/C13H14Cl2F3N5O/c1-7-10(14)11(15)23(20-7)5-3-4-19-12(24)8-6-9(13(16,17)18)21-22(8)2/h6H,3-5H2,1-2H3,(H,19,24). The first-order valence-corrected chi connectivity index (χ1v) is 7.64. The molecule has 1 N–H and O–H groups in total. The molecule has 0 aliphatic heterocycles. The number of nitrogens with zero attached hydrogens (tertiary/aromatic N) is 4. The molecule has 0 radical (unpaired) electrons. The smallest absolute Gasteiger partial charge is 0.351 e. The zero-order chi connectivity index (χ0) is 18.1. The van der Waals surface area contributed by atoms with Gasteiger partial charge >= 0.3 is 6.18 Å². The Kier molecular flexibility index (Phi) is 5.44. The van der Waals surface area contributed by atoms with Crippen LogP contribution in [0.25, 0.3) is 0 Å². The van der Waals surface area contributed by atoms with Crippen LogP contribution in [0.3, 0.4) is 0 Å². The van der Waals surface area contributed by atoms with Crippen molar-refractivity contribution in [2.45, 2.75) is 26.1 Å². The molecular weight excluding hydrogens is 370 g/mol. The summed E-state index contributed by atoms with van der Waals surface area (Å²) in [7, 11) is 1.28. The Morgan fingerprint density at radius 3 is 2.50 bits per heavy atom. The molecule has 6 nitrogen and oxygen atoms in total. The summed E-state index contributed by atoms with van der Waals surface area (Å²) in [6, 6.07) is 0.711. The van der Waals surface area contributed by atoms with Crippen molar-refractivity contribution in [2.75, 3.05) is 6.54 Å². The van der Waals surface area contributed by atoms with Gasteiger partial charge in [-0.3, -0.25) is 14.2 Å². The molecule has 2 heterocycles. The van der Waals surface area contributed by atoms with Crippen molar-refractivity contribution in [2.24, 2.45) is 7.05 Å². The number of carbonyl (C=O) groups is 1. The summed E-state index contributed by atoms with van der Waals surface area (Å²) in [6.45, 7) is 2.36. The fourth-order valence-electron chi connectivity index (χ4n) is 2.02.